The number of carbonyl (C=O) groups is 1. The van der Waals surface area contributed by atoms with Crippen molar-refractivity contribution in [2.75, 3.05) is 6.54 Å². The summed E-state index contributed by atoms with van der Waals surface area (Å²) < 4.78 is 0. The number of carbonyl (C=O) groups excluding carboxylic acids is 1. The fraction of sp³-hybridized carbons (Fsp3) is 0.933. The van der Waals surface area contributed by atoms with Crippen LogP contribution in [0.2, 0.25) is 0 Å². The second-order valence-electron chi connectivity index (χ2n) is 6.08. The van der Waals surface area contributed by atoms with Gasteiger partial charge in [0, 0.05) is 12.0 Å². The fourth-order valence-electron chi connectivity index (χ4n) is 3.52. The first-order valence-electron chi connectivity index (χ1n) is 7.81. The van der Waals surface area contributed by atoms with Crippen molar-refractivity contribution in [1.82, 2.24) is 5.32 Å². The van der Waals surface area contributed by atoms with Gasteiger partial charge in [0.05, 0.1) is 0 Å². The number of hydrogen-bond acceptors (Lipinski definition) is 2. The normalized spacial score (nSPS) is 30.7. The molecule has 2 aliphatic rings. The Labute approximate surface area is 111 Å². The van der Waals surface area contributed by atoms with E-state index in [4.69, 9.17) is 5.73 Å². The molecule has 3 nitrogen and oxygen atoms in total. The van der Waals surface area contributed by atoms with E-state index in [9.17, 15) is 4.79 Å². The van der Waals surface area contributed by atoms with Crippen molar-refractivity contribution in [3.05, 3.63) is 0 Å². The molecule has 2 saturated carbocycles. The van der Waals surface area contributed by atoms with Gasteiger partial charge >= 0.3 is 0 Å². The Kier molecular flexibility index (Phi) is 5.48. The Balaban J connectivity index is 1.84. The lowest BCUT2D eigenvalue weighted by Crippen LogP contribution is -2.46. The molecule has 0 aromatic heterocycles. The first-order chi connectivity index (χ1) is 8.81. The molecule has 0 bridgehead atoms. The summed E-state index contributed by atoms with van der Waals surface area (Å²) in [5.41, 5.74) is 5.82. The predicted molar refractivity (Wildman–Crippen MR) is 74.1 cm³/mol. The van der Waals surface area contributed by atoms with E-state index >= 15 is 0 Å². The van der Waals surface area contributed by atoms with E-state index in [0.717, 1.165) is 25.8 Å². The third-order valence-electron chi connectivity index (χ3n) is 4.77. The van der Waals surface area contributed by atoms with Gasteiger partial charge in [-0.15, -0.1) is 0 Å². The van der Waals surface area contributed by atoms with Crippen molar-refractivity contribution in [2.45, 2.75) is 70.3 Å². The lowest BCUT2D eigenvalue weighted by atomic mass is 9.84. The van der Waals surface area contributed by atoms with Crippen LogP contribution in [0.15, 0.2) is 0 Å². The van der Waals surface area contributed by atoms with E-state index < -0.39 is 0 Å². The van der Waals surface area contributed by atoms with Crippen molar-refractivity contribution >= 4 is 5.91 Å². The molecule has 0 aliphatic heterocycles. The standard InChI is InChI=1S/C15H28N2O/c16-11-13-9-5-6-10-14(13)17-15(18)12-7-3-1-2-4-8-12/h12-14H,1-11,16H2,(H,17,18). The zero-order valence-electron chi connectivity index (χ0n) is 11.5. The zero-order chi connectivity index (χ0) is 12.8. The largest absolute Gasteiger partial charge is 0.353 e. The molecule has 0 saturated heterocycles. The van der Waals surface area contributed by atoms with Gasteiger partial charge in [0.1, 0.15) is 0 Å². The molecule has 0 aromatic rings. The van der Waals surface area contributed by atoms with Gasteiger partial charge in [-0.2, -0.15) is 0 Å². The molecule has 2 unspecified atom stereocenters. The van der Waals surface area contributed by atoms with Gasteiger partial charge in [-0.3, -0.25) is 4.79 Å². The lowest BCUT2D eigenvalue weighted by molar-refractivity contribution is -0.126. The van der Waals surface area contributed by atoms with E-state index in [1.165, 1.54) is 44.9 Å². The average molecular weight is 252 g/mol. The molecule has 2 fully saturated rings. The molecule has 2 atom stereocenters. The smallest absolute Gasteiger partial charge is 0.223 e. The maximum atomic E-state index is 12.3. The summed E-state index contributed by atoms with van der Waals surface area (Å²) in [6, 6.07) is 0.347. The lowest BCUT2D eigenvalue weighted by Gasteiger charge is -2.32. The zero-order valence-corrected chi connectivity index (χ0v) is 11.5. The van der Waals surface area contributed by atoms with Gasteiger partial charge in [-0.05, 0) is 38.1 Å². The minimum Gasteiger partial charge on any atom is -0.353 e. The van der Waals surface area contributed by atoms with E-state index in [0.29, 0.717) is 17.9 Å². The Morgan fingerprint density at radius 1 is 0.944 bits per heavy atom. The van der Waals surface area contributed by atoms with Crippen LogP contribution < -0.4 is 11.1 Å². The van der Waals surface area contributed by atoms with E-state index in [2.05, 4.69) is 5.32 Å². The van der Waals surface area contributed by atoms with Gasteiger partial charge in [0.2, 0.25) is 5.91 Å². The summed E-state index contributed by atoms with van der Waals surface area (Å²) in [4.78, 5) is 12.3. The quantitative estimate of drug-likeness (QED) is 0.759. The van der Waals surface area contributed by atoms with Crippen LogP contribution in [0, 0.1) is 11.8 Å². The van der Waals surface area contributed by atoms with Crippen LogP contribution in [-0.2, 0) is 4.79 Å². The Bertz CT molecular complexity index is 259. The van der Waals surface area contributed by atoms with Crippen molar-refractivity contribution in [3.63, 3.8) is 0 Å². The summed E-state index contributed by atoms with van der Waals surface area (Å²) in [6.45, 7) is 0.718. The number of hydrogen-bond donors (Lipinski definition) is 2. The van der Waals surface area contributed by atoms with Crippen LogP contribution >= 0.6 is 0 Å². The molecule has 3 heteroatoms. The maximum absolute atomic E-state index is 12.3. The van der Waals surface area contributed by atoms with Crippen molar-refractivity contribution < 1.29 is 4.79 Å². The molecule has 2 aliphatic carbocycles. The van der Waals surface area contributed by atoms with Gasteiger partial charge in [-0.1, -0.05) is 38.5 Å². The highest BCUT2D eigenvalue weighted by atomic mass is 16.1. The molecule has 18 heavy (non-hydrogen) atoms. The molecule has 0 aromatic carbocycles. The highest BCUT2D eigenvalue weighted by molar-refractivity contribution is 5.79. The van der Waals surface area contributed by atoms with Gasteiger partial charge in [-0.25, -0.2) is 0 Å². The number of amides is 1. The monoisotopic (exact) mass is 252 g/mol. The van der Waals surface area contributed by atoms with Crippen molar-refractivity contribution in [1.29, 1.82) is 0 Å². The molecule has 0 spiro atoms. The first-order valence-corrected chi connectivity index (χ1v) is 7.81. The summed E-state index contributed by atoms with van der Waals surface area (Å²) >= 11 is 0. The topological polar surface area (TPSA) is 55.1 Å². The van der Waals surface area contributed by atoms with Crippen LogP contribution in [0.25, 0.3) is 0 Å². The molecular weight excluding hydrogens is 224 g/mol. The minimum absolute atomic E-state index is 0.271. The van der Waals surface area contributed by atoms with Gasteiger partial charge in [0.25, 0.3) is 0 Å². The SMILES string of the molecule is NCC1CCCCC1NC(=O)C1CCCCCC1. The van der Waals surface area contributed by atoms with Crippen LogP contribution in [0.5, 0.6) is 0 Å². The number of rotatable bonds is 3. The van der Waals surface area contributed by atoms with E-state index in [-0.39, 0.29) is 5.92 Å². The highest BCUT2D eigenvalue weighted by Gasteiger charge is 2.28. The van der Waals surface area contributed by atoms with Gasteiger partial charge < -0.3 is 11.1 Å². The Morgan fingerprint density at radius 3 is 2.22 bits per heavy atom. The molecule has 3 N–H and O–H groups in total. The Morgan fingerprint density at radius 2 is 1.56 bits per heavy atom. The van der Waals surface area contributed by atoms with Gasteiger partial charge in [0.15, 0.2) is 0 Å². The van der Waals surface area contributed by atoms with E-state index in [1.807, 2.05) is 0 Å². The maximum Gasteiger partial charge on any atom is 0.223 e. The van der Waals surface area contributed by atoms with Crippen LogP contribution in [0.3, 0.4) is 0 Å². The highest BCUT2D eigenvalue weighted by Crippen LogP contribution is 2.26. The first kappa shape index (κ1) is 13.9. The molecule has 104 valence electrons. The van der Waals surface area contributed by atoms with Crippen molar-refractivity contribution in [2.24, 2.45) is 17.6 Å². The molecular formula is C15H28N2O. The fourth-order valence-corrected chi connectivity index (χ4v) is 3.52. The van der Waals surface area contributed by atoms with Crippen LogP contribution in [-0.4, -0.2) is 18.5 Å². The van der Waals surface area contributed by atoms with Crippen LogP contribution in [0.1, 0.15) is 64.2 Å². The summed E-state index contributed by atoms with van der Waals surface area (Å²) in [7, 11) is 0. The second-order valence-corrected chi connectivity index (χ2v) is 6.08. The van der Waals surface area contributed by atoms with Crippen LogP contribution in [0.4, 0.5) is 0 Å². The van der Waals surface area contributed by atoms with Crippen molar-refractivity contribution in [3.8, 4) is 0 Å². The summed E-state index contributed by atoms with van der Waals surface area (Å²) in [5.74, 6) is 1.09. The second kappa shape index (κ2) is 7.13. The third-order valence-corrected chi connectivity index (χ3v) is 4.77. The molecule has 0 radical (unpaired) electrons. The number of nitrogens with two attached hydrogens (primary N) is 1. The third kappa shape index (κ3) is 3.71. The molecule has 1 amide bonds. The average Bonchev–Trinajstić information content (AvgIpc) is 2.68. The minimum atomic E-state index is 0.271. The predicted octanol–water partition coefficient (Wildman–Crippen LogP) is 2.59. The molecule has 0 heterocycles. The van der Waals surface area contributed by atoms with E-state index in [1.54, 1.807) is 0 Å². The number of nitrogens with one attached hydrogen (secondary N) is 1. The summed E-state index contributed by atoms with van der Waals surface area (Å²) in [5, 5.41) is 3.30. The summed E-state index contributed by atoms with van der Waals surface area (Å²) in [6.07, 6.45) is 12.1. The Hall–Kier alpha value is -0.570. The molecule has 2 rings (SSSR count).